The van der Waals surface area contributed by atoms with Crippen LogP contribution < -0.4 is 5.32 Å². The van der Waals surface area contributed by atoms with Crippen molar-refractivity contribution in [2.45, 2.75) is 45.1 Å². The summed E-state index contributed by atoms with van der Waals surface area (Å²) in [5.41, 5.74) is 3.21. The second-order valence-corrected chi connectivity index (χ2v) is 6.63. The van der Waals surface area contributed by atoms with E-state index in [9.17, 15) is 4.39 Å². The molecule has 3 aromatic rings. The Morgan fingerprint density at radius 1 is 1.04 bits per heavy atom. The average molecular weight is 323 g/mol. The molecule has 2 aromatic heterocycles. The molecular formula is C20H22FN3. The molecule has 0 atom stereocenters. The number of benzene rings is 1. The smallest absolute Gasteiger partial charge is 0.139 e. The van der Waals surface area contributed by atoms with Gasteiger partial charge in [0.15, 0.2) is 0 Å². The predicted molar refractivity (Wildman–Crippen MR) is 95.8 cm³/mol. The van der Waals surface area contributed by atoms with E-state index in [4.69, 9.17) is 4.98 Å². The van der Waals surface area contributed by atoms with Crippen molar-refractivity contribution in [2.75, 3.05) is 5.32 Å². The number of hydrogen-bond donors (Lipinski definition) is 1. The van der Waals surface area contributed by atoms with Gasteiger partial charge in [-0.3, -0.25) is 4.40 Å². The zero-order valence-corrected chi connectivity index (χ0v) is 13.9. The molecule has 0 amide bonds. The van der Waals surface area contributed by atoms with E-state index >= 15 is 0 Å². The normalized spacial score (nSPS) is 15.8. The Labute approximate surface area is 141 Å². The zero-order chi connectivity index (χ0) is 16.5. The molecule has 4 rings (SSSR count). The van der Waals surface area contributed by atoms with Crippen molar-refractivity contribution in [3.8, 4) is 11.3 Å². The van der Waals surface area contributed by atoms with Crippen molar-refractivity contribution >= 4 is 11.5 Å². The van der Waals surface area contributed by atoms with Crippen LogP contribution in [0.25, 0.3) is 16.9 Å². The molecule has 0 saturated heterocycles. The molecule has 4 heteroatoms. The third-order valence-corrected chi connectivity index (χ3v) is 4.91. The van der Waals surface area contributed by atoms with Gasteiger partial charge in [-0.05, 0) is 44.0 Å². The van der Waals surface area contributed by atoms with Crippen LogP contribution in [-0.4, -0.2) is 15.4 Å². The van der Waals surface area contributed by atoms with E-state index in [2.05, 4.69) is 22.7 Å². The van der Waals surface area contributed by atoms with Crippen molar-refractivity contribution in [3.05, 3.63) is 54.0 Å². The van der Waals surface area contributed by atoms with Gasteiger partial charge in [0.1, 0.15) is 23.0 Å². The summed E-state index contributed by atoms with van der Waals surface area (Å²) in [5, 5.41) is 3.67. The minimum absolute atomic E-state index is 0.231. The van der Waals surface area contributed by atoms with Gasteiger partial charge in [-0.2, -0.15) is 0 Å². The van der Waals surface area contributed by atoms with Gasteiger partial charge in [-0.25, -0.2) is 9.37 Å². The first kappa shape index (κ1) is 15.2. The lowest BCUT2D eigenvalue weighted by atomic mass is 9.95. The lowest BCUT2D eigenvalue weighted by Gasteiger charge is -2.24. The van der Waals surface area contributed by atoms with Crippen LogP contribution in [0, 0.1) is 12.7 Å². The van der Waals surface area contributed by atoms with E-state index in [1.165, 1.54) is 25.3 Å². The fourth-order valence-corrected chi connectivity index (χ4v) is 3.67. The molecule has 124 valence electrons. The van der Waals surface area contributed by atoms with Crippen LogP contribution in [-0.2, 0) is 0 Å². The molecule has 1 aliphatic carbocycles. The first-order valence-corrected chi connectivity index (χ1v) is 8.73. The van der Waals surface area contributed by atoms with Crippen molar-refractivity contribution in [3.63, 3.8) is 0 Å². The third kappa shape index (κ3) is 2.66. The molecule has 3 nitrogen and oxygen atoms in total. The maximum absolute atomic E-state index is 14.4. The molecule has 0 spiro atoms. The molecule has 24 heavy (non-hydrogen) atoms. The number of aromatic nitrogens is 2. The van der Waals surface area contributed by atoms with Crippen molar-refractivity contribution in [2.24, 2.45) is 0 Å². The lowest BCUT2D eigenvalue weighted by Crippen LogP contribution is -2.23. The van der Waals surface area contributed by atoms with E-state index in [1.807, 2.05) is 18.2 Å². The fourth-order valence-electron chi connectivity index (χ4n) is 3.67. The monoisotopic (exact) mass is 323 g/mol. The van der Waals surface area contributed by atoms with Crippen LogP contribution in [0.2, 0.25) is 0 Å². The molecule has 1 N–H and O–H groups in total. The Kier molecular flexibility index (Phi) is 3.97. The van der Waals surface area contributed by atoms with Gasteiger partial charge < -0.3 is 5.32 Å². The Bertz CT molecular complexity index is 862. The Morgan fingerprint density at radius 2 is 1.83 bits per heavy atom. The van der Waals surface area contributed by atoms with Gasteiger partial charge in [0.2, 0.25) is 0 Å². The molecule has 0 bridgehead atoms. The van der Waals surface area contributed by atoms with Crippen LogP contribution in [0.15, 0.2) is 42.5 Å². The zero-order valence-electron chi connectivity index (χ0n) is 13.9. The van der Waals surface area contributed by atoms with E-state index in [-0.39, 0.29) is 5.82 Å². The summed E-state index contributed by atoms with van der Waals surface area (Å²) >= 11 is 0. The number of fused-ring (bicyclic) bond motifs is 1. The highest BCUT2D eigenvalue weighted by molar-refractivity contribution is 5.77. The molecule has 1 fully saturated rings. The van der Waals surface area contributed by atoms with E-state index in [0.717, 1.165) is 30.0 Å². The molecule has 1 aliphatic rings. The lowest BCUT2D eigenvalue weighted by molar-refractivity contribution is 0.461. The second kappa shape index (κ2) is 6.27. The second-order valence-electron chi connectivity index (χ2n) is 6.63. The quantitative estimate of drug-likeness (QED) is 0.718. The molecule has 0 radical (unpaired) electrons. The van der Waals surface area contributed by atoms with Crippen LogP contribution in [0.5, 0.6) is 0 Å². The highest BCUT2D eigenvalue weighted by Gasteiger charge is 2.21. The van der Waals surface area contributed by atoms with Crippen LogP contribution in [0.4, 0.5) is 10.2 Å². The maximum atomic E-state index is 14.4. The van der Waals surface area contributed by atoms with Crippen LogP contribution in [0.1, 0.15) is 37.8 Å². The summed E-state index contributed by atoms with van der Waals surface area (Å²) < 4.78 is 16.5. The predicted octanol–water partition coefficient (Wildman–Crippen LogP) is 5.19. The standard InChI is InChI=1S/C20H22FN3/c1-14-8-7-13-18-23-19(16-11-5-6-12-17(16)21)20(24(14)18)22-15-9-3-2-4-10-15/h5-8,11-13,15,22H,2-4,9-10H2,1H3. The number of hydrogen-bond acceptors (Lipinski definition) is 2. The first-order chi connectivity index (χ1) is 11.7. The highest BCUT2D eigenvalue weighted by atomic mass is 19.1. The summed E-state index contributed by atoms with van der Waals surface area (Å²) in [4.78, 5) is 4.73. The minimum atomic E-state index is -0.231. The Morgan fingerprint density at radius 3 is 2.62 bits per heavy atom. The molecule has 1 aromatic carbocycles. The number of pyridine rings is 1. The maximum Gasteiger partial charge on any atom is 0.139 e. The highest BCUT2D eigenvalue weighted by Crippen LogP contribution is 2.33. The minimum Gasteiger partial charge on any atom is -0.367 e. The van der Waals surface area contributed by atoms with Gasteiger partial charge in [0.05, 0.1) is 0 Å². The van der Waals surface area contributed by atoms with Crippen LogP contribution >= 0.6 is 0 Å². The SMILES string of the molecule is Cc1cccc2nc(-c3ccccc3F)c(NC3CCCCC3)n12. The number of nitrogens with zero attached hydrogens (tertiary/aromatic N) is 2. The molecule has 0 aliphatic heterocycles. The van der Waals surface area contributed by atoms with Gasteiger partial charge in [0, 0.05) is 17.3 Å². The summed E-state index contributed by atoms with van der Waals surface area (Å²) in [6.07, 6.45) is 6.14. The van der Waals surface area contributed by atoms with Crippen molar-refractivity contribution in [1.29, 1.82) is 0 Å². The molecule has 2 heterocycles. The Hall–Kier alpha value is -2.36. The van der Waals surface area contributed by atoms with Gasteiger partial charge >= 0.3 is 0 Å². The number of aryl methyl sites for hydroxylation is 1. The molecule has 0 unspecified atom stereocenters. The van der Waals surface area contributed by atoms with Crippen molar-refractivity contribution < 1.29 is 4.39 Å². The largest absolute Gasteiger partial charge is 0.367 e. The van der Waals surface area contributed by atoms with E-state index < -0.39 is 0 Å². The summed E-state index contributed by atoms with van der Waals surface area (Å²) in [7, 11) is 0. The topological polar surface area (TPSA) is 29.3 Å². The Balaban J connectivity index is 1.87. The summed E-state index contributed by atoms with van der Waals surface area (Å²) in [5.74, 6) is 0.686. The number of rotatable bonds is 3. The number of halogens is 1. The van der Waals surface area contributed by atoms with Gasteiger partial charge in [-0.1, -0.05) is 37.5 Å². The molecular weight excluding hydrogens is 301 g/mol. The molecule has 1 saturated carbocycles. The third-order valence-electron chi connectivity index (χ3n) is 4.91. The number of imidazole rings is 1. The number of nitrogens with one attached hydrogen (secondary N) is 1. The summed E-state index contributed by atoms with van der Waals surface area (Å²) in [6, 6.07) is 13.3. The van der Waals surface area contributed by atoms with E-state index in [1.54, 1.807) is 12.1 Å². The average Bonchev–Trinajstić information content (AvgIpc) is 2.96. The van der Waals surface area contributed by atoms with Gasteiger partial charge in [0.25, 0.3) is 0 Å². The van der Waals surface area contributed by atoms with Crippen molar-refractivity contribution in [1.82, 2.24) is 9.38 Å². The first-order valence-electron chi connectivity index (χ1n) is 8.73. The van der Waals surface area contributed by atoms with Crippen LogP contribution in [0.3, 0.4) is 0 Å². The summed E-state index contributed by atoms with van der Waals surface area (Å²) in [6.45, 7) is 2.06. The fraction of sp³-hybridized carbons (Fsp3) is 0.350. The van der Waals surface area contributed by atoms with Gasteiger partial charge in [-0.15, -0.1) is 0 Å². The van der Waals surface area contributed by atoms with E-state index in [0.29, 0.717) is 17.3 Å². The number of anilines is 1.